The lowest BCUT2D eigenvalue weighted by Crippen LogP contribution is -2.41. The number of β-amino-alcohol motifs (C(OH)–C–C–N with tert-alkyl or cyclic N) is 1. The average Bonchev–Trinajstić information content (AvgIpc) is 2.95. The van der Waals surface area contributed by atoms with Gasteiger partial charge in [0.05, 0.1) is 6.54 Å². The van der Waals surface area contributed by atoms with E-state index in [0.29, 0.717) is 24.5 Å². The Morgan fingerprint density at radius 2 is 2.16 bits per heavy atom. The molecule has 25 heavy (non-hydrogen) atoms. The Hall–Kier alpha value is -2.67. The molecule has 1 saturated heterocycles. The summed E-state index contributed by atoms with van der Waals surface area (Å²) in [6.45, 7) is 4.19. The number of aromatic amines is 1. The predicted octanol–water partition coefficient (Wildman–Crippen LogP) is 1.04. The lowest BCUT2D eigenvalue weighted by molar-refractivity contribution is 0.00407. The van der Waals surface area contributed by atoms with Gasteiger partial charge in [-0.1, -0.05) is 18.2 Å². The molecule has 1 aromatic heterocycles. The molecule has 1 aliphatic heterocycles. The quantitative estimate of drug-likeness (QED) is 0.865. The van der Waals surface area contributed by atoms with Crippen molar-refractivity contribution < 1.29 is 14.6 Å². The molecule has 1 aromatic carbocycles. The zero-order valence-corrected chi connectivity index (χ0v) is 14.3. The van der Waals surface area contributed by atoms with Crippen molar-refractivity contribution in [2.45, 2.75) is 25.9 Å². The minimum atomic E-state index is -1.12. The van der Waals surface area contributed by atoms with Crippen LogP contribution in [0, 0.1) is 13.8 Å². The molecule has 1 atom stereocenters. The molecule has 3 rings (SSSR count). The second-order valence-corrected chi connectivity index (χ2v) is 6.47. The maximum Gasteiger partial charge on any atom is 0.272 e. The molecule has 2 aromatic rings. The van der Waals surface area contributed by atoms with E-state index in [2.05, 4.69) is 9.97 Å². The number of rotatable bonds is 4. The van der Waals surface area contributed by atoms with E-state index in [9.17, 15) is 14.7 Å². The fraction of sp³-hybridized carbons (Fsp3) is 0.389. The predicted molar refractivity (Wildman–Crippen MR) is 91.7 cm³/mol. The van der Waals surface area contributed by atoms with Crippen molar-refractivity contribution in [3.63, 3.8) is 0 Å². The molecule has 1 fully saturated rings. The molecule has 0 saturated carbocycles. The van der Waals surface area contributed by atoms with Gasteiger partial charge in [-0.25, -0.2) is 4.98 Å². The number of para-hydroxylation sites is 1. The van der Waals surface area contributed by atoms with Crippen molar-refractivity contribution in [1.29, 1.82) is 0 Å². The monoisotopic (exact) mass is 343 g/mol. The highest BCUT2D eigenvalue weighted by Crippen LogP contribution is 2.25. The van der Waals surface area contributed by atoms with Gasteiger partial charge < -0.3 is 19.7 Å². The Balaban J connectivity index is 1.66. The number of ether oxygens (including phenoxy) is 1. The first-order valence-electron chi connectivity index (χ1n) is 8.14. The lowest BCUT2D eigenvalue weighted by Gasteiger charge is -2.24. The second kappa shape index (κ2) is 6.68. The van der Waals surface area contributed by atoms with E-state index in [-0.39, 0.29) is 30.3 Å². The molecule has 1 aliphatic rings. The summed E-state index contributed by atoms with van der Waals surface area (Å²) in [7, 11) is 0. The highest BCUT2D eigenvalue weighted by atomic mass is 16.5. The van der Waals surface area contributed by atoms with E-state index in [0.717, 1.165) is 5.56 Å². The Kier molecular flexibility index (Phi) is 4.59. The first-order valence-corrected chi connectivity index (χ1v) is 8.14. The number of amides is 1. The molecule has 7 heteroatoms. The van der Waals surface area contributed by atoms with Gasteiger partial charge in [0.2, 0.25) is 0 Å². The topological polar surface area (TPSA) is 95.5 Å². The van der Waals surface area contributed by atoms with Gasteiger partial charge in [0.15, 0.2) is 0 Å². The number of likely N-dealkylation sites (tertiary alicyclic amines) is 1. The molecular formula is C18H21N3O4. The minimum absolute atomic E-state index is 0.0883. The van der Waals surface area contributed by atoms with Crippen LogP contribution in [0.2, 0.25) is 0 Å². The molecule has 1 amide bonds. The number of hydrogen-bond acceptors (Lipinski definition) is 5. The number of carbonyl (C=O) groups is 1. The van der Waals surface area contributed by atoms with Gasteiger partial charge in [0.1, 0.15) is 29.5 Å². The number of H-pyrrole nitrogens is 1. The largest absolute Gasteiger partial charge is 0.490 e. The van der Waals surface area contributed by atoms with Crippen LogP contribution in [-0.4, -0.2) is 51.2 Å². The summed E-state index contributed by atoms with van der Waals surface area (Å²) in [6, 6.07) is 8.75. The molecule has 0 bridgehead atoms. The first-order chi connectivity index (χ1) is 11.9. The van der Waals surface area contributed by atoms with Crippen molar-refractivity contribution in [3.05, 3.63) is 57.8 Å². The summed E-state index contributed by atoms with van der Waals surface area (Å²) in [5, 5.41) is 10.7. The molecule has 2 heterocycles. The zero-order valence-electron chi connectivity index (χ0n) is 14.3. The molecule has 7 nitrogen and oxygen atoms in total. The lowest BCUT2D eigenvalue weighted by atomic mass is 10.1. The Morgan fingerprint density at radius 3 is 2.88 bits per heavy atom. The smallest absolute Gasteiger partial charge is 0.272 e. The van der Waals surface area contributed by atoms with Gasteiger partial charge >= 0.3 is 0 Å². The second-order valence-electron chi connectivity index (χ2n) is 6.47. The fourth-order valence-electron chi connectivity index (χ4n) is 2.93. The Bertz CT molecular complexity index is 848. The molecule has 0 spiro atoms. The highest BCUT2D eigenvalue weighted by Gasteiger charge is 2.39. The normalized spacial score (nSPS) is 19.9. The zero-order chi connectivity index (χ0) is 18.0. The van der Waals surface area contributed by atoms with Crippen molar-refractivity contribution in [3.8, 4) is 5.75 Å². The van der Waals surface area contributed by atoms with Crippen molar-refractivity contribution in [2.24, 2.45) is 0 Å². The number of hydrogen-bond donors (Lipinski definition) is 2. The van der Waals surface area contributed by atoms with Crippen LogP contribution in [0.5, 0.6) is 5.75 Å². The van der Waals surface area contributed by atoms with Gasteiger partial charge in [-0.15, -0.1) is 0 Å². The number of aliphatic hydroxyl groups is 1. The maximum absolute atomic E-state index is 12.5. The summed E-state index contributed by atoms with van der Waals surface area (Å²) < 4.78 is 5.74. The summed E-state index contributed by atoms with van der Waals surface area (Å²) >= 11 is 0. The van der Waals surface area contributed by atoms with Crippen LogP contribution in [0.25, 0.3) is 0 Å². The molecule has 132 valence electrons. The molecule has 0 aliphatic carbocycles. The molecule has 2 N–H and O–H groups in total. The van der Waals surface area contributed by atoms with Crippen LogP contribution in [0.15, 0.2) is 35.1 Å². The molecule has 0 radical (unpaired) electrons. The van der Waals surface area contributed by atoms with Crippen LogP contribution in [0.1, 0.15) is 28.3 Å². The summed E-state index contributed by atoms with van der Waals surface area (Å²) in [4.78, 5) is 32.1. The van der Waals surface area contributed by atoms with Crippen LogP contribution in [0.4, 0.5) is 0 Å². The number of aromatic nitrogens is 2. The third-order valence-electron chi connectivity index (χ3n) is 4.29. The third kappa shape index (κ3) is 3.88. The molecule has 1 unspecified atom stereocenters. The van der Waals surface area contributed by atoms with E-state index < -0.39 is 5.60 Å². The number of nitrogens with one attached hydrogen (secondary N) is 1. The Morgan fingerprint density at radius 1 is 1.40 bits per heavy atom. The van der Waals surface area contributed by atoms with Crippen LogP contribution in [-0.2, 0) is 0 Å². The summed E-state index contributed by atoms with van der Waals surface area (Å²) in [5.74, 6) is 0.738. The summed E-state index contributed by atoms with van der Waals surface area (Å²) in [6.07, 6.45) is 0.410. The third-order valence-corrected chi connectivity index (χ3v) is 4.29. The minimum Gasteiger partial charge on any atom is -0.490 e. The van der Waals surface area contributed by atoms with Gasteiger partial charge in [-0.3, -0.25) is 9.59 Å². The van der Waals surface area contributed by atoms with Crippen molar-refractivity contribution in [1.82, 2.24) is 14.9 Å². The van der Waals surface area contributed by atoms with E-state index in [1.54, 1.807) is 6.92 Å². The van der Waals surface area contributed by atoms with Gasteiger partial charge in [0, 0.05) is 12.6 Å². The fourth-order valence-corrected chi connectivity index (χ4v) is 2.93. The number of benzene rings is 1. The summed E-state index contributed by atoms with van der Waals surface area (Å²) in [5.41, 5.74) is -0.410. The van der Waals surface area contributed by atoms with E-state index in [1.807, 2.05) is 31.2 Å². The standard InChI is InChI=1S/C18H21N3O4/c1-12-5-3-4-6-15(12)25-11-18(24)7-8-21(10-18)17(23)14-9-16(22)20-13(2)19-14/h3-6,9,24H,7-8,10-11H2,1-2H3,(H,19,20,22). The number of carbonyl (C=O) groups excluding carboxylic acids is 1. The van der Waals surface area contributed by atoms with Crippen molar-refractivity contribution >= 4 is 5.91 Å². The SMILES string of the molecule is Cc1nc(C(=O)N2CCC(O)(COc3ccccc3C)C2)cc(=O)[nH]1. The Labute approximate surface area is 145 Å². The van der Waals surface area contributed by atoms with Crippen molar-refractivity contribution in [2.75, 3.05) is 19.7 Å². The van der Waals surface area contributed by atoms with Gasteiger partial charge in [-0.2, -0.15) is 0 Å². The van der Waals surface area contributed by atoms with E-state index in [1.165, 1.54) is 11.0 Å². The molecular weight excluding hydrogens is 322 g/mol. The maximum atomic E-state index is 12.5. The van der Waals surface area contributed by atoms with Crippen LogP contribution < -0.4 is 10.3 Å². The van der Waals surface area contributed by atoms with Crippen LogP contribution >= 0.6 is 0 Å². The highest BCUT2D eigenvalue weighted by molar-refractivity contribution is 5.92. The number of nitrogens with zero attached hydrogens (tertiary/aromatic N) is 2. The first kappa shape index (κ1) is 17.2. The van der Waals surface area contributed by atoms with Gasteiger partial charge in [0.25, 0.3) is 11.5 Å². The van der Waals surface area contributed by atoms with E-state index >= 15 is 0 Å². The van der Waals surface area contributed by atoms with Gasteiger partial charge in [-0.05, 0) is 31.9 Å². The number of aryl methyl sites for hydroxylation is 2. The van der Waals surface area contributed by atoms with E-state index in [4.69, 9.17) is 4.74 Å². The average molecular weight is 343 g/mol. The van der Waals surface area contributed by atoms with Crippen LogP contribution in [0.3, 0.4) is 0 Å².